The van der Waals surface area contributed by atoms with E-state index in [9.17, 15) is 4.79 Å². The van der Waals surface area contributed by atoms with Gasteiger partial charge in [-0.05, 0) is 51.0 Å². The van der Waals surface area contributed by atoms with Gasteiger partial charge in [0, 0.05) is 24.0 Å². The number of nitrogens with two attached hydrogens (primary N) is 1. The first-order chi connectivity index (χ1) is 9.97. The molecule has 2 heterocycles. The van der Waals surface area contributed by atoms with E-state index in [1.807, 2.05) is 29.2 Å². The van der Waals surface area contributed by atoms with E-state index in [0.717, 1.165) is 25.1 Å². The Morgan fingerprint density at radius 1 is 1.33 bits per heavy atom. The molecule has 1 aliphatic rings. The molecule has 110 valence electrons. The van der Waals surface area contributed by atoms with Crippen molar-refractivity contribution in [2.75, 3.05) is 12.3 Å². The van der Waals surface area contributed by atoms with Crippen molar-refractivity contribution >= 4 is 11.6 Å². The first kappa shape index (κ1) is 13.7. The van der Waals surface area contributed by atoms with Crippen molar-refractivity contribution in [2.45, 2.75) is 32.2 Å². The molecular weight excluding hydrogens is 264 g/mol. The fraction of sp³-hybridized carbons (Fsp3) is 0.375. The zero-order valence-electron chi connectivity index (χ0n) is 12.4. The maximum atomic E-state index is 12.6. The monoisotopic (exact) mass is 284 g/mol. The van der Waals surface area contributed by atoms with Gasteiger partial charge in [-0.15, -0.1) is 0 Å². The molecule has 0 atom stereocenters. The topological polar surface area (TPSA) is 64.2 Å². The number of hydrogen-bond acceptors (Lipinski definition) is 3. The summed E-state index contributed by atoms with van der Waals surface area (Å²) in [5.41, 5.74) is 7.71. The van der Waals surface area contributed by atoms with E-state index in [0.29, 0.717) is 11.4 Å². The quantitative estimate of drug-likeness (QED) is 0.862. The Balaban J connectivity index is 1.87. The molecule has 5 heteroatoms. The summed E-state index contributed by atoms with van der Waals surface area (Å²) < 4.78 is 1.69. The van der Waals surface area contributed by atoms with Gasteiger partial charge in [-0.1, -0.05) is 6.07 Å². The van der Waals surface area contributed by atoms with E-state index in [2.05, 4.69) is 18.9 Å². The predicted octanol–water partition coefficient (Wildman–Crippen LogP) is 2.47. The Morgan fingerprint density at radius 2 is 2.14 bits per heavy atom. The number of aromatic nitrogens is 2. The third kappa shape index (κ3) is 2.51. The van der Waals surface area contributed by atoms with E-state index in [4.69, 9.17) is 5.73 Å². The summed E-state index contributed by atoms with van der Waals surface area (Å²) in [4.78, 5) is 14.5. The van der Waals surface area contributed by atoms with Crippen molar-refractivity contribution in [2.24, 2.45) is 0 Å². The van der Waals surface area contributed by atoms with Crippen LogP contribution in [0.2, 0.25) is 0 Å². The van der Waals surface area contributed by atoms with Crippen molar-refractivity contribution < 1.29 is 4.79 Å². The van der Waals surface area contributed by atoms with Gasteiger partial charge < -0.3 is 10.6 Å². The highest BCUT2D eigenvalue weighted by atomic mass is 16.2. The highest BCUT2D eigenvalue weighted by Crippen LogP contribution is 2.29. The molecule has 0 unspecified atom stereocenters. The van der Waals surface area contributed by atoms with Gasteiger partial charge in [-0.2, -0.15) is 5.10 Å². The zero-order valence-corrected chi connectivity index (χ0v) is 12.4. The fourth-order valence-corrected chi connectivity index (χ4v) is 2.87. The van der Waals surface area contributed by atoms with E-state index >= 15 is 0 Å². The number of likely N-dealkylation sites (tertiary alicyclic amines) is 1. The molecule has 3 rings (SSSR count). The van der Waals surface area contributed by atoms with Crippen molar-refractivity contribution in [1.82, 2.24) is 14.7 Å². The van der Waals surface area contributed by atoms with Gasteiger partial charge in [-0.3, -0.25) is 4.79 Å². The summed E-state index contributed by atoms with van der Waals surface area (Å²) >= 11 is 0. The van der Waals surface area contributed by atoms with Crippen LogP contribution < -0.4 is 5.73 Å². The molecule has 0 saturated carbocycles. The van der Waals surface area contributed by atoms with Crippen LogP contribution >= 0.6 is 0 Å². The standard InChI is InChI=1S/C16H20N4O/c1-16(2)8-4-9-19(16)15(21)14-7-10-20(18-14)13-6-3-5-12(17)11-13/h3,5-7,10-11H,4,8-9,17H2,1-2H3. The van der Waals surface area contributed by atoms with Crippen LogP contribution in [0.3, 0.4) is 0 Å². The molecule has 1 saturated heterocycles. The second-order valence-electron chi connectivity index (χ2n) is 6.11. The second kappa shape index (κ2) is 4.91. The van der Waals surface area contributed by atoms with E-state index in [-0.39, 0.29) is 11.4 Å². The fourth-order valence-electron chi connectivity index (χ4n) is 2.87. The molecule has 21 heavy (non-hydrogen) atoms. The average Bonchev–Trinajstić information content (AvgIpc) is 3.04. The number of carbonyl (C=O) groups excluding carboxylic acids is 1. The minimum atomic E-state index is -0.0853. The number of hydrogen-bond donors (Lipinski definition) is 1. The van der Waals surface area contributed by atoms with Gasteiger partial charge in [0.15, 0.2) is 5.69 Å². The first-order valence-electron chi connectivity index (χ1n) is 7.21. The van der Waals surface area contributed by atoms with Crippen molar-refractivity contribution in [3.63, 3.8) is 0 Å². The van der Waals surface area contributed by atoms with Crippen LogP contribution in [0.25, 0.3) is 5.69 Å². The predicted molar refractivity (Wildman–Crippen MR) is 82.3 cm³/mol. The average molecular weight is 284 g/mol. The molecular formula is C16H20N4O. The van der Waals surface area contributed by atoms with E-state index in [1.165, 1.54) is 0 Å². The lowest BCUT2D eigenvalue weighted by molar-refractivity contribution is 0.0645. The number of carbonyl (C=O) groups is 1. The smallest absolute Gasteiger partial charge is 0.274 e. The largest absolute Gasteiger partial charge is 0.399 e. The lowest BCUT2D eigenvalue weighted by Gasteiger charge is -2.30. The van der Waals surface area contributed by atoms with Crippen LogP contribution in [-0.4, -0.2) is 32.7 Å². The Labute approximate surface area is 124 Å². The van der Waals surface area contributed by atoms with Crippen LogP contribution in [0.1, 0.15) is 37.2 Å². The summed E-state index contributed by atoms with van der Waals surface area (Å²) in [6, 6.07) is 9.21. The number of rotatable bonds is 2. The first-order valence-corrected chi connectivity index (χ1v) is 7.21. The van der Waals surface area contributed by atoms with E-state index in [1.54, 1.807) is 16.9 Å². The molecule has 0 bridgehead atoms. The van der Waals surface area contributed by atoms with Gasteiger partial charge in [-0.25, -0.2) is 4.68 Å². The zero-order chi connectivity index (χ0) is 15.0. The third-order valence-electron chi connectivity index (χ3n) is 4.09. The Hall–Kier alpha value is -2.30. The van der Waals surface area contributed by atoms with Crippen LogP contribution in [0.15, 0.2) is 36.5 Å². The maximum Gasteiger partial charge on any atom is 0.274 e. The van der Waals surface area contributed by atoms with Crippen LogP contribution in [0, 0.1) is 0 Å². The Morgan fingerprint density at radius 3 is 2.81 bits per heavy atom. The third-order valence-corrected chi connectivity index (χ3v) is 4.09. The minimum absolute atomic E-state index is 0.000142. The SMILES string of the molecule is CC1(C)CCCN1C(=O)c1ccn(-c2cccc(N)c2)n1. The molecule has 1 aliphatic heterocycles. The number of benzene rings is 1. The van der Waals surface area contributed by atoms with Crippen LogP contribution in [0.4, 0.5) is 5.69 Å². The summed E-state index contributed by atoms with van der Waals surface area (Å²) in [5, 5.41) is 4.40. The molecule has 2 N–H and O–H groups in total. The van der Waals surface area contributed by atoms with Gasteiger partial charge in [0.25, 0.3) is 5.91 Å². The van der Waals surface area contributed by atoms with Gasteiger partial charge in [0.2, 0.25) is 0 Å². The molecule has 1 amide bonds. The molecule has 0 spiro atoms. The molecule has 1 aromatic heterocycles. The highest BCUT2D eigenvalue weighted by molar-refractivity contribution is 5.93. The number of nitrogen functional groups attached to an aromatic ring is 1. The number of nitrogens with zero attached hydrogens (tertiary/aromatic N) is 3. The van der Waals surface area contributed by atoms with Gasteiger partial charge >= 0.3 is 0 Å². The van der Waals surface area contributed by atoms with Crippen LogP contribution in [-0.2, 0) is 0 Å². The lowest BCUT2D eigenvalue weighted by Crippen LogP contribution is -2.42. The molecule has 2 aromatic rings. The van der Waals surface area contributed by atoms with Gasteiger partial charge in [0.1, 0.15) is 0 Å². The normalized spacial score (nSPS) is 17.1. The van der Waals surface area contributed by atoms with Crippen molar-refractivity contribution in [3.05, 3.63) is 42.2 Å². The molecule has 0 radical (unpaired) electrons. The summed E-state index contributed by atoms with van der Waals surface area (Å²) in [7, 11) is 0. The number of amides is 1. The Bertz CT molecular complexity index is 674. The maximum absolute atomic E-state index is 12.6. The molecule has 0 aliphatic carbocycles. The molecule has 1 aromatic carbocycles. The Kier molecular flexibility index (Phi) is 3.20. The van der Waals surface area contributed by atoms with E-state index < -0.39 is 0 Å². The van der Waals surface area contributed by atoms with Crippen molar-refractivity contribution in [1.29, 1.82) is 0 Å². The lowest BCUT2D eigenvalue weighted by atomic mass is 10.0. The molecule has 5 nitrogen and oxygen atoms in total. The number of anilines is 1. The highest BCUT2D eigenvalue weighted by Gasteiger charge is 2.36. The van der Waals surface area contributed by atoms with Crippen LogP contribution in [0.5, 0.6) is 0 Å². The summed E-state index contributed by atoms with van der Waals surface area (Å²) in [5.74, 6) is 0.000142. The minimum Gasteiger partial charge on any atom is -0.399 e. The summed E-state index contributed by atoms with van der Waals surface area (Å²) in [6.45, 7) is 5.01. The second-order valence-corrected chi connectivity index (χ2v) is 6.11. The summed E-state index contributed by atoms with van der Waals surface area (Å²) in [6.07, 6.45) is 3.88. The van der Waals surface area contributed by atoms with Gasteiger partial charge in [0.05, 0.1) is 5.69 Å². The molecule has 1 fully saturated rings. The van der Waals surface area contributed by atoms with Crippen molar-refractivity contribution in [3.8, 4) is 5.69 Å².